The maximum absolute atomic E-state index is 13.2. The lowest BCUT2D eigenvalue weighted by atomic mass is 10.1. The van der Waals surface area contributed by atoms with Crippen LogP contribution in [0.25, 0.3) is 22.9 Å². The second-order valence-electron chi connectivity index (χ2n) is 5.19. The quantitative estimate of drug-likeness (QED) is 0.708. The Balaban J connectivity index is 2.11. The monoisotopic (exact) mass is 346 g/mol. The van der Waals surface area contributed by atoms with Crippen LogP contribution in [0.5, 0.6) is 11.5 Å². The molecule has 0 unspecified atom stereocenters. The second kappa shape index (κ2) is 6.84. The summed E-state index contributed by atoms with van der Waals surface area (Å²) in [6, 6.07) is 7.94. The van der Waals surface area contributed by atoms with Gasteiger partial charge in [-0.3, -0.25) is 4.98 Å². The maximum atomic E-state index is 13.2. The van der Waals surface area contributed by atoms with Crippen LogP contribution in [0.1, 0.15) is 12.0 Å². The van der Waals surface area contributed by atoms with Crippen molar-refractivity contribution in [2.45, 2.75) is 6.43 Å². The molecule has 0 amide bonds. The minimum atomic E-state index is -2.65. The molecule has 6 nitrogen and oxygen atoms in total. The SMILES string of the molecule is COc1ccnc(-c2nc(-c3cccc(C(F)F)c3OC)n(C)n2)c1. The fourth-order valence-corrected chi connectivity index (χ4v) is 2.52. The summed E-state index contributed by atoms with van der Waals surface area (Å²) in [5, 5.41) is 4.33. The standard InChI is InChI=1S/C17H16F2N4O2/c1-23-17(12-6-4-5-11(15(18)19)14(12)25-3)21-16(22-23)13-9-10(24-2)7-8-20-13/h4-9,15H,1-3H3. The molecule has 0 aliphatic heterocycles. The molecule has 0 radical (unpaired) electrons. The molecule has 0 N–H and O–H groups in total. The first-order valence-electron chi connectivity index (χ1n) is 7.42. The van der Waals surface area contributed by atoms with E-state index >= 15 is 0 Å². The van der Waals surface area contributed by atoms with E-state index in [2.05, 4.69) is 15.1 Å². The van der Waals surface area contributed by atoms with E-state index in [1.54, 1.807) is 38.6 Å². The number of rotatable bonds is 5. The van der Waals surface area contributed by atoms with Gasteiger partial charge in [-0.2, -0.15) is 0 Å². The summed E-state index contributed by atoms with van der Waals surface area (Å²) in [6.45, 7) is 0. The van der Waals surface area contributed by atoms with Crippen molar-refractivity contribution in [2.75, 3.05) is 14.2 Å². The fraction of sp³-hybridized carbons (Fsp3) is 0.235. The van der Waals surface area contributed by atoms with Gasteiger partial charge in [0.25, 0.3) is 6.43 Å². The van der Waals surface area contributed by atoms with Crippen LogP contribution in [-0.4, -0.2) is 34.0 Å². The number of nitrogens with zero attached hydrogens (tertiary/aromatic N) is 4. The van der Waals surface area contributed by atoms with Gasteiger partial charge in [0.1, 0.15) is 17.2 Å². The zero-order valence-electron chi connectivity index (χ0n) is 13.9. The number of pyridine rings is 1. The molecule has 0 fully saturated rings. The van der Waals surface area contributed by atoms with E-state index in [4.69, 9.17) is 9.47 Å². The van der Waals surface area contributed by atoms with Crippen molar-refractivity contribution in [1.82, 2.24) is 19.7 Å². The minimum Gasteiger partial charge on any atom is -0.497 e. The third kappa shape index (κ3) is 3.15. The highest BCUT2D eigenvalue weighted by Crippen LogP contribution is 2.37. The van der Waals surface area contributed by atoms with E-state index in [9.17, 15) is 8.78 Å². The zero-order chi connectivity index (χ0) is 18.0. The van der Waals surface area contributed by atoms with Gasteiger partial charge in [0.2, 0.25) is 0 Å². The fourth-order valence-electron chi connectivity index (χ4n) is 2.52. The highest BCUT2D eigenvalue weighted by atomic mass is 19.3. The molecule has 8 heteroatoms. The smallest absolute Gasteiger partial charge is 0.267 e. The number of alkyl halides is 2. The van der Waals surface area contributed by atoms with Crippen LogP contribution in [0.2, 0.25) is 0 Å². The summed E-state index contributed by atoms with van der Waals surface area (Å²) in [5.74, 6) is 1.47. The van der Waals surface area contributed by atoms with Gasteiger partial charge in [0.05, 0.1) is 25.3 Å². The molecule has 0 saturated carbocycles. The first kappa shape index (κ1) is 16.8. The van der Waals surface area contributed by atoms with Crippen LogP contribution in [0.15, 0.2) is 36.5 Å². The molecule has 1 aromatic carbocycles. The molecule has 0 spiro atoms. The van der Waals surface area contributed by atoms with Crippen LogP contribution in [0.3, 0.4) is 0 Å². The van der Waals surface area contributed by atoms with Gasteiger partial charge in [-0.05, 0) is 18.2 Å². The van der Waals surface area contributed by atoms with E-state index in [1.165, 1.54) is 23.9 Å². The van der Waals surface area contributed by atoms with Crippen LogP contribution in [0.4, 0.5) is 8.78 Å². The van der Waals surface area contributed by atoms with Crippen LogP contribution < -0.4 is 9.47 Å². The minimum absolute atomic E-state index is 0.0816. The number of aromatic nitrogens is 4. The highest BCUT2D eigenvalue weighted by molar-refractivity contribution is 5.69. The van der Waals surface area contributed by atoms with Crippen LogP contribution in [0, 0.1) is 0 Å². The van der Waals surface area contributed by atoms with E-state index in [-0.39, 0.29) is 11.3 Å². The van der Waals surface area contributed by atoms with Crippen molar-refractivity contribution in [3.63, 3.8) is 0 Å². The van der Waals surface area contributed by atoms with Gasteiger partial charge in [-0.1, -0.05) is 6.07 Å². The largest absolute Gasteiger partial charge is 0.497 e. The number of ether oxygens (including phenoxy) is 2. The molecule has 130 valence electrons. The van der Waals surface area contributed by atoms with Gasteiger partial charge in [0, 0.05) is 19.3 Å². The first-order valence-corrected chi connectivity index (χ1v) is 7.42. The molecular formula is C17H16F2N4O2. The average Bonchev–Trinajstić information content (AvgIpc) is 3.02. The predicted molar refractivity (Wildman–Crippen MR) is 87.7 cm³/mol. The summed E-state index contributed by atoms with van der Waals surface area (Å²) in [6.07, 6.45) is -1.06. The number of halogens is 2. The lowest BCUT2D eigenvalue weighted by Crippen LogP contribution is -2.00. The number of hydrogen-bond acceptors (Lipinski definition) is 5. The van der Waals surface area contributed by atoms with Crippen molar-refractivity contribution in [3.8, 4) is 34.4 Å². The van der Waals surface area contributed by atoms with Gasteiger partial charge in [-0.25, -0.2) is 18.4 Å². The Labute approximate surface area is 143 Å². The Morgan fingerprint density at radius 1 is 1.12 bits per heavy atom. The Morgan fingerprint density at radius 3 is 2.60 bits per heavy atom. The number of methoxy groups -OCH3 is 2. The number of benzene rings is 1. The topological polar surface area (TPSA) is 62.1 Å². The molecule has 0 bridgehead atoms. The molecule has 25 heavy (non-hydrogen) atoms. The van der Waals surface area contributed by atoms with E-state index in [0.29, 0.717) is 28.7 Å². The highest BCUT2D eigenvalue weighted by Gasteiger charge is 2.21. The van der Waals surface area contributed by atoms with Crippen molar-refractivity contribution < 1.29 is 18.3 Å². The van der Waals surface area contributed by atoms with Crippen molar-refractivity contribution in [1.29, 1.82) is 0 Å². The first-order chi connectivity index (χ1) is 12.0. The van der Waals surface area contributed by atoms with E-state index < -0.39 is 6.43 Å². The summed E-state index contributed by atoms with van der Waals surface area (Å²) in [4.78, 5) is 8.67. The van der Waals surface area contributed by atoms with Crippen molar-refractivity contribution >= 4 is 0 Å². The average molecular weight is 346 g/mol. The van der Waals surface area contributed by atoms with Gasteiger partial charge in [0.15, 0.2) is 11.6 Å². The third-order valence-corrected chi connectivity index (χ3v) is 3.68. The van der Waals surface area contributed by atoms with E-state index in [0.717, 1.165) is 0 Å². The number of hydrogen-bond donors (Lipinski definition) is 0. The molecule has 3 aromatic rings. The summed E-state index contributed by atoms with van der Waals surface area (Å²) >= 11 is 0. The molecule has 3 rings (SSSR count). The van der Waals surface area contributed by atoms with Crippen LogP contribution >= 0.6 is 0 Å². The Morgan fingerprint density at radius 2 is 1.92 bits per heavy atom. The molecule has 2 heterocycles. The van der Waals surface area contributed by atoms with Crippen LogP contribution in [-0.2, 0) is 7.05 Å². The zero-order valence-corrected chi connectivity index (χ0v) is 13.9. The molecule has 2 aromatic heterocycles. The summed E-state index contributed by atoms with van der Waals surface area (Å²) < 4.78 is 38.3. The van der Waals surface area contributed by atoms with Crippen molar-refractivity contribution in [2.24, 2.45) is 7.05 Å². The Bertz CT molecular complexity index is 896. The molecule has 0 saturated heterocycles. The molecular weight excluding hydrogens is 330 g/mol. The van der Waals surface area contributed by atoms with Gasteiger partial charge >= 0.3 is 0 Å². The maximum Gasteiger partial charge on any atom is 0.267 e. The normalized spacial score (nSPS) is 11.0. The summed E-state index contributed by atoms with van der Waals surface area (Å²) in [7, 11) is 4.59. The van der Waals surface area contributed by atoms with E-state index in [1.807, 2.05) is 0 Å². The van der Waals surface area contributed by atoms with Gasteiger partial charge in [-0.15, -0.1) is 5.10 Å². The number of aryl methyl sites for hydroxylation is 1. The Hall–Kier alpha value is -3.03. The molecule has 0 aliphatic carbocycles. The lowest BCUT2D eigenvalue weighted by Gasteiger charge is -2.12. The second-order valence-corrected chi connectivity index (χ2v) is 5.19. The number of para-hydroxylation sites is 1. The van der Waals surface area contributed by atoms with Crippen molar-refractivity contribution in [3.05, 3.63) is 42.1 Å². The predicted octanol–water partition coefficient (Wildman–Crippen LogP) is 3.50. The lowest BCUT2D eigenvalue weighted by molar-refractivity contribution is 0.147. The molecule has 0 aliphatic rings. The van der Waals surface area contributed by atoms with Gasteiger partial charge < -0.3 is 9.47 Å². The molecule has 0 atom stereocenters. The Kier molecular flexibility index (Phi) is 4.60. The third-order valence-electron chi connectivity index (χ3n) is 3.68. The summed E-state index contributed by atoms with van der Waals surface area (Å²) in [5.41, 5.74) is 0.763.